The molecule has 0 unspecified atom stereocenters. The molecular formula is C28H34F3N5O5S. The topological polar surface area (TPSA) is 133 Å². The Bertz CT molecular complexity index is 1440. The van der Waals surface area contributed by atoms with Crippen molar-refractivity contribution < 1.29 is 36.7 Å². The number of carbonyl (C=O) groups is 2. The highest BCUT2D eigenvalue weighted by molar-refractivity contribution is 7.10. The first-order chi connectivity index (χ1) is 19.8. The van der Waals surface area contributed by atoms with E-state index in [0.717, 1.165) is 29.9 Å². The van der Waals surface area contributed by atoms with E-state index >= 15 is 0 Å². The molecule has 2 aliphatic heterocycles. The van der Waals surface area contributed by atoms with E-state index < -0.39 is 35.6 Å². The monoisotopic (exact) mass is 609 g/mol. The number of Topliss-reactive ketones (excluding diaryl/α,β-unsaturated/α-hetero) is 1. The summed E-state index contributed by atoms with van der Waals surface area (Å²) in [4.78, 5) is 32.6. The summed E-state index contributed by atoms with van der Waals surface area (Å²) < 4.78 is 61.6. The van der Waals surface area contributed by atoms with Crippen molar-refractivity contribution in [3.63, 3.8) is 0 Å². The van der Waals surface area contributed by atoms with Crippen molar-refractivity contribution in [1.29, 1.82) is 0 Å². The Hall–Kier alpha value is -3.23. The number of pyridine rings is 1. The SMILES string of the molecule is CC(C)(C)OC(=O)Nc1oc2cc(C3CCOCC3)cnc2c1C(=O)Cc1cnsc1N1C[C@@H](N)C[C@@H](C(F)(F)F)C1. The molecule has 228 valence electrons. The van der Waals surface area contributed by atoms with Gasteiger partial charge in [0.15, 0.2) is 11.4 Å². The lowest BCUT2D eigenvalue weighted by atomic mass is 9.92. The fourth-order valence-electron chi connectivity index (χ4n) is 5.43. The summed E-state index contributed by atoms with van der Waals surface area (Å²) in [7, 11) is 0. The molecule has 2 aliphatic rings. The number of aromatic nitrogens is 2. The summed E-state index contributed by atoms with van der Waals surface area (Å²) >= 11 is 1.01. The van der Waals surface area contributed by atoms with Crippen LogP contribution in [0.3, 0.4) is 0 Å². The highest BCUT2D eigenvalue weighted by Crippen LogP contribution is 2.38. The third-order valence-electron chi connectivity index (χ3n) is 7.34. The van der Waals surface area contributed by atoms with Crippen LogP contribution in [-0.4, -0.2) is 65.4 Å². The van der Waals surface area contributed by atoms with Crippen molar-refractivity contribution in [3.8, 4) is 0 Å². The van der Waals surface area contributed by atoms with Gasteiger partial charge in [-0.05, 0) is 69.1 Å². The number of piperidine rings is 1. The number of fused-ring (bicyclic) bond motifs is 1. The van der Waals surface area contributed by atoms with Gasteiger partial charge in [-0.1, -0.05) is 0 Å². The molecule has 0 saturated carbocycles. The molecule has 0 bridgehead atoms. The van der Waals surface area contributed by atoms with Gasteiger partial charge in [-0.2, -0.15) is 17.5 Å². The molecule has 0 aromatic carbocycles. The highest BCUT2D eigenvalue weighted by atomic mass is 32.1. The minimum Gasteiger partial charge on any atom is -0.444 e. The summed E-state index contributed by atoms with van der Waals surface area (Å²) in [6.45, 7) is 6.35. The molecule has 3 aromatic rings. The molecule has 3 aromatic heterocycles. The molecule has 0 radical (unpaired) electrons. The lowest BCUT2D eigenvalue weighted by Gasteiger charge is -2.37. The standard InChI is InChI=1S/C28H34F3N5O5S/c1-27(2,3)41-26(38)35-24-22(23-21(40-24)9-16(11-33-23)15-4-6-39-7-5-15)20(37)8-17-12-34-42-25(17)36-13-18(28(29,30)31)10-19(32)14-36/h9,11-12,15,18-19H,4-8,10,13-14,32H2,1-3H3,(H,35,38)/t18-,19+/m1/s1. The minimum absolute atomic E-state index is 0.0510. The van der Waals surface area contributed by atoms with Crippen LogP contribution < -0.4 is 16.0 Å². The largest absolute Gasteiger partial charge is 0.444 e. The number of nitrogens with one attached hydrogen (secondary N) is 1. The fourth-order valence-corrected chi connectivity index (χ4v) is 6.22. The normalized spacial score (nSPS) is 20.6. The van der Waals surface area contributed by atoms with Gasteiger partial charge in [0.1, 0.15) is 21.7 Å². The molecule has 3 N–H and O–H groups in total. The van der Waals surface area contributed by atoms with E-state index in [1.807, 2.05) is 6.07 Å². The van der Waals surface area contributed by atoms with Gasteiger partial charge < -0.3 is 24.5 Å². The smallest absolute Gasteiger partial charge is 0.414 e. The van der Waals surface area contributed by atoms with Crippen LogP contribution in [0.15, 0.2) is 22.9 Å². The van der Waals surface area contributed by atoms with E-state index in [2.05, 4.69) is 14.7 Å². The summed E-state index contributed by atoms with van der Waals surface area (Å²) in [5.74, 6) is -1.91. The van der Waals surface area contributed by atoms with E-state index in [1.54, 1.807) is 31.9 Å². The predicted molar refractivity (Wildman–Crippen MR) is 151 cm³/mol. The second kappa shape index (κ2) is 11.8. The number of hydrogen-bond acceptors (Lipinski definition) is 10. The second-order valence-corrected chi connectivity index (χ2v) is 12.6. The van der Waals surface area contributed by atoms with Gasteiger partial charge in [0, 0.05) is 56.7 Å². The van der Waals surface area contributed by atoms with Gasteiger partial charge in [0.05, 0.1) is 5.92 Å². The molecule has 5 rings (SSSR count). The Morgan fingerprint density at radius 3 is 2.62 bits per heavy atom. The van der Waals surface area contributed by atoms with E-state index in [9.17, 15) is 22.8 Å². The molecule has 42 heavy (non-hydrogen) atoms. The first-order valence-electron chi connectivity index (χ1n) is 13.8. The summed E-state index contributed by atoms with van der Waals surface area (Å²) in [6.07, 6.45) is -0.724. The maximum absolute atomic E-state index is 13.8. The molecule has 2 saturated heterocycles. The lowest BCUT2D eigenvalue weighted by molar-refractivity contribution is -0.177. The van der Waals surface area contributed by atoms with Crippen LogP contribution in [0.25, 0.3) is 11.1 Å². The van der Waals surface area contributed by atoms with Crippen molar-refractivity contribution >= 4 is 45.4 Å². The van der Waals surface area contributed by atoms with E-state index in [1.165, 1.54) is 6.20 Å². The quantitative estimate of drug-likeness (QED) is 0.339. The zero-order valence-electron chi connectivity index (χ0n) is 23.6. The Labute approximate surface area is 244 Å². The van der Waals surface area contributed by atoms with E-state index in [0.29, 0.717) is 29.4 Å². The van der Waals surface area contributed by atoms with Crippen molar-refractivity contribution in [2.24, 2.45) is 11.7 Å². The first kappa shape index (κ1) is 30.2. The highest BCUT2D eigenvalue weighted by Gasteiger charge is 2.44. The number of furan rings is 1. The molecule has 2 atom stereocenters. The molecule has 14 heteroatoms. The average molecular weight is 610 g/mol. The number of ketones is 1. The van der Waals surface area contributed by atoms with Gasteiger partial charge in [-0.15, -0.1) is 0 Å². The number of rotatable bonds is 6. The van der Waals surface area contributed by atoms with Gasteiger partial charge in [0.2, 0.25) is 5.88 Å². The van der Waals surface area contributed by atoms with Gasteiger partial charge in [-0.25, -0.2) is 4.79 Å². The van der Waals surface area contributed by atoms with Crippen LogP contribution in [0.5, 0.6) is 0 Å². The number of carbonyl (C=O) groups excluding carboxylic acids is 2. The molecule has 2 fully saturated rings. The number of nitrogens with two attached hydrogens (primary N) is 1. The van der Waals surface area contributed by atoms with Gasteiger partial charge in [-0.3, -0.25) is 15.1 Å². The number of hydrogen-bond donors (Lipinski definition) is 2. The number of alkyl halides is 3. The molecule has 0 spiro atoms. The van der Waals surface area contributed by atoms with E-state index in [4.69, 9.17) is 19.6 Å². The second-order valence-electron chi connectivity index (χ2n) is 11.8. The number of amides is 1. The molecule has 1 amide bonds. The van der Waals surface area contributed by atoms with Crippen molar-refractivity contribution in [1.82, 2.24) is 9.36 Å². The number of ether oxygens (including phenoxy) is 2. The van der Waals surface area contributed by atoms with Crippen LogP contribution >= 0.6 is 11.5 Å². The number of nitrogens with zero attached hydrogens (tertiary/aromatic N) is 3. The molecular weight excluding hydrogens is 575 g/mol. The lowest BCUT2D eigenvalue weighted by Crippen LogP contribution is -2.51. The summed E-state index contributed by atoms with van der Waals surface area (Å²) in [5, 5.41) is 3.00. The first-order valence-corrected chi connectivity index (χ1v) is 14.6. The van der Waals surface area contributed by atoms with Crippen LogP contribution in [0, 0.1) is 5.92 Å². The average Bonchev–Trinajstić information content (AvgIpc) is 3.50. The Balaban J connectivity index is 1.45. The van der Waals surface area contributed by atoms with Crippen LogP contribution in [0.4, 0.5) is 28.9 Å². The number of anilines is 2. The zero-order chi connectivity index (χ0) is 30.2. The minimum atomic E-state index is -4.38. The zero-order valence-corrected chi connectivity index (χ0v) is 24.4. The third-order valence-corrected chi connectivity index (χ3v) is 8.25. The maximum Gasteiger partial charge on any atom is 0.414 e. The molecule has 5 heterocycles. The van der Waals surface area contributed by atoms with E-state index in [-0.39, 0.29) is 48.8 Å². The Kier molecular flexibility index (Phi) is 8.50. The Morgan fingerprint density at radius 1 is 1.19 bits per heavy atom. The third kappa shape index (κ3) is 6.87. The van der Waals surface area contributed by atoms with Crippen LogP contribution in [0.1, 0.15) is 67.4 Å². The fraction of sp³-hybridized carbons (Fsp3) is 0.571. The summed E-state index contributed by atoms with van der Waals surface area (Å²) in [6, 6.07) is 1.15. The molecule has 0 aliphatic carbocycles. The van der Waals surface area contributed by atoms with Crippen molar-refractivity contribution in [3.05, 3.63) is 35.2 Å². The summed E-state index contributed by atoms with van der Waals surface area (Å²) in [5.41, 5.74) is 7.22. The van der Waals surface area contributed by atoms with Crippen molar-refractivity contribution in [2.45, 2.75) is 70.2 Å². The maximum atomic E-state index is 13.8. The van der Waals surface area contributed by atoms with Crippen LogP contribution in [-0.2, 0) is 15.9 Å². The van der Waals surface area contributed by atoms with Gasteiger partial charge in [0.25, 0.3) is 0 Å². The van der Waals surface area contributed by atoms with Crippen molar-refractivity contribution in [2.75, 3.05) is 36.5 Å². The van der Waals surface area contributed by atoms with Crippen LogP contribution in [0.2, 0.25) is 0 Å². The molecule has 10 nitrogen and oxygen atoms in total. The number of halogens is 3. The predicted octanol–water partition coefficient (Wildman–Crippen LogP) is 5.67. The Morgan fingerprint density at radius 2 is 1.93 bits per heavy atom. The van der Waals surface area contributed by atoms with Gasteiger partial charge >= 0.3 is 12.3 Å².